The average Bonchev–Trinajstić information content (AvgIpc) is 3.26. The Kier molecular flexibility index (Phi) is 4.11. The lowest BCUT2D eigenvalue weighted by Gasteiger charge is -1.97. The molecule has 0 atom stereocenters. The number of hydrogen-bond acceptors (Lipinski definition) is 4. The molecule has 0 radical (unpaired) electrons. The molecule has 0 unspecified atom stereocenters. The van der Waals surface area contributed by atoms with Crippen LogP contribution in [0.1, 0.15) is 11.3 Å². The third-order valence-corrected chi connectivity index (χ3v) is 4.47. The van der Waals surface area contributed by atoms with E-state index in [1.165, 1.54) is 11.8 Å². The number of hydrogen-bond donors (Lipinski definition) is 1. The maximum atomic E-state index is 9.38. The van der Waals surface area contributed by atoms with Gasteiger partial charge in [0, 0.05) is 0 Å². The maximum absolute atomic E-state index is 9.38. The smallest absolute Gasteiger partial charge is 0.174 e. The van der Waals surface area contributed by atoms with Crippen molar-refractivity contribution in [1.82, 2.24) is 9.97 Å². The van der Waals surface area contributed by atoms with Crippen molar-refractivity contribution in [2.45, 2.75) is 10.2 Å². The van der Waals surface area contributed by atoms with Crippen LogP contribution in [-0.2, 0) is 0 Å². The molecule has 0 amide bonds. The van der Waals surface area contributed by atoms with E-state index in [0.29, 0.717) is 11.3 Å². The molecule has 0 bridgehead atoms. The Balaban J connectivity index is 1.57. The van der Waals surface area contributed by atoms with Crippen LogP contribution in [0.5, 0.6) is 0 Å². The van der Waals surface area contributed by atoms with E-state index < -0.39 is 0 Å². The molecule has 25 heavy (non-hydrogen) atoms. The van der Waals surface area contributed by atoms with Gasteiger partial charge < -0.3 is 9.40 Å². The van der Waals surface area contributed by atoms with Gasteiger partial charge in [-0.3, -0.25) is 0 Å². The van der Waals surface area contributed by atoms with Gasteiger partial charge in [0.05, 0.1) is 22.7 Å². The zero-order valence-corrected chi connectivity index (χ0v) is 14.0. The van der Waals surface area contributed by atoms with Gasteiger partial charge in [-0.15, -0.1) is 0 Å². The molecule has 0 spiro atoms. The second-order valence-electron chi connectivity index (χ2n) is 5.35. The van der Waals surface area contributed by atoms with Gasteiger partial charge in [-0.25, -0.2) is 4.98 Å². The van der Waals surface area contributed by atoms with Gasteiger partial charge in [-0.05, 0) is 47.7 Å². The summed E-state index contributed by atoms with van der Waals surface area (Å²) in [5, 5.41) is 10.9. The lowest BCUT2D eigenvalue weighted by molar-refractivity contribution is 0.466. The molecule has 0 saturated heterocycles. The van der Waals surface area contributed by atoms with E-state index in [9.17, 15) is 5.26 Å². The standard InChI is InChI=1S/C20H13N3OS/c21-13-15(14-6-2-1-3-7-14)12-16-10-11-19(24-16)25-20-22-17-8-4-5-9-18(17)23-20/h1-12H,(H,22,23). The molecule has 120 valence electrons. The molecule has 0 fully saturated rings. The summed E-state index contributed by atoms with van der Waals surface area (Å²) in [6.45, 7) is 0. The van der Waals surface area contributed by atoms with Gasteiger partial charge in [-0.2, -0.15) is 5.26 Å². The summed E-state index contributed by atoms with van der Waals surface area (Å²) in [6.07, 6.45) is 1.75. The molecule has 0 saturated carbocycles. The molecule has 2 aromatic heterocycles. The molecule has 0 aliphatic carbocycles. The molecule has 2 heterocycles. The molecular formula is C20H13N3OS. The molecule has 0 aliphatic heterocycles. The fourth-order valence-corrected chi connectivity index (χ4v) is 3.25. The van der Waals surface area contributed by atoms with Crippen molar-refractivity contribution >= 4 is 34.4 Å². The zero-order valence-electron chi connectivity index (χ0n) is 13.1. The summed E-state index contributed by atoms with van der Waals surface area (Å²) in [5.74, 6) is 0.638. The number of rotatable bonds is 4. The highest BCUT2D eigenvalue weighted by molar-refractivity contribution is 7.99. The number of aromatic nitrogens is 2. The highest BCUT2D eigenvalue weighted by atomic mass is 32.2. The van der Waals surface area contributed by atoms with E-state index in [1.54, 1.807) is 6.08 Å². The van der Waals surface area contributed by atoms with Crippen molar-refractivity contribution in [3.63, 3.8) is 0 Å². The second kappa shape index (κ2) is 6.71. The van der Waals surface area contributed by atoms with Crippen molar-refractivity contribution in [3.8, 4) is 6.07 Å². The Bertz CT molecular complexity index is 1050. The maximum Gasteiger partial charge on any atom is 0.174 e. The molecule has 2 aromatic carbocycles. The first-order valence-electron chi connectivity index (χ1n) is 7.71. The van der Waals surface area contributed by atoms with Gasteiger partial charge in [0.25, 0.3) is 0 Å². The number of benzene rings is 2. The highest BCUT2D eigenvalue weighted by Crippen LogP contribution is 2.30. The normalized spacial score (nSPS) is 11.6. The first-order chi connectivity index (χ1) is 12.3. The minimum atomic E-state index is 0.565. The molecule has 0 aliphatic rings. The summed E-state index contributed by atoms with van der Waals surface area (Å²) in [6, 6.07) is 23.4. The number of para-hydroxylation sites is 2. The van der Waals surface area contributed by atoms with E-state index >= 15 is 0 Å². The summed E-state index contributed by atoms with van der Waals surface area (Å²) < 4.78 is 5.81. The van der Waals surface area contributed by atoms with Crippen molar-refractivity contribution in [2.24, 2.45) is 0 Å². The van der Waals surface area contributed by atoms with Crippen LogP contribution >= 0.6 is 11.8 Å². The summed E-state index contributed by atoms with van der Waals surface area (Å²) in [7, 11) is 0. The molecule has 1 N–H and O–H groups in total. The largest absolute Gasteiger partial charge is 0.450 e. The lowest BCUT2D eigenvalue weighted by atomic mass is 10.1. The Morgan fingerprint density at radius 1 is 1.04 bits per heavy atom. The SMILES string of the molecule is N#CC(=Cc1ccc(Sc2nc3ccccc3[nH]2)o1)c1ccccc1. The molecular weight excluding hydrogens is 330 g/mol. The van der Waals surface area contributed by atoms with Gasteiger partial charge >= 0.3 is 0 Å². The molecule has 4 aromatic rings. The van der Waals surface area contributed by atoms with Gasteiger partial charge in [0.2, 0.25) is 0 Å². The molecule has 5 heteroatoms. The summed E-state index contributed by atoms with van der Waals surface area (Å²) >= 11 is 1.42. The first kappa shape index (κ1) is 15.3. The van der Waals surface area contributed by atoms with Gasteiger partial charge in [-0.1, -0.05) is 42.5 Å². The van der Waals surface area contributed by atoms with Gasteiger partial charge in [0.1, 0.15) is 5.76 Å². The predicted molar refractivity (Wildman–Crippen MR) is 98.9 cm³/mol. The van der Waals surface area contributed by atoms with Crippen molar-refractivity contribution in [1.29, 1.82) is 5.26 Å². The van der Waals surface area contributed by atoms with E-state index in [-0.39, 0.29) is 0 Å². The number of fused-ring (bicyclic) bond motifs is 1. The Morgan fingerprint density at radius 2 is 1.84 bits per heavy atom. The number of imidazole rings is 1. The van der Waals surface area contributed by atoms with Crippen molar-refractivity contribution in [2.75, 3.05) is 0 Å². The van der Waals surface area contributed by atoms with Crippen LogP contribution < -0.4 is 0 Å². The third kappa shape index (κ3) is 3.35. The number of allylic oxidation sites excluding steroid dienone is 1. The number of nitrogens with zero attached hydrogens (tertiary/aromatic N) is 2. The lowest BCUT2D eigenvalue weighted by Crippen LogP contribution is -1.79. The Morgan fingerprint density at radius 3 is 2.64 bits per heavy atom. The quantitative estimate of drug-likeness (QED) is 0.506. The highest BCUT2D eigenvalue weighted by Gasteiger charge is 2.08. The number of H-pyrrole nitrogens is 1. The average molecular weight is 343 g/mol. The van der Waals surface area contributed by atoms with E-state index in [1.807, 2.05) is 66.7 Å². The van der Waals surface area contributed by atoms with Crippen LogP contribution in [0, 0.1) is 11.3 Å². The van der Waals surface area contributed by atoms with Crippen LogP contribution in [0.3, 0.4) is 0 Å². The summed E-state index contributed by atoms with van der Waals surface area (Å²) in [4.78, 5) is 7.78. The van der Waals surface area contributed by atoms with Crippen LogP contribution in [0.2, 0.25) is 0 Å². The van der Waals surface area contributed by atoms with E-state index in [0.717, 1.165) is 26.8 Å². The summed E-state index contributed by atoms with van der Waals surface area (Å²) in [5.41, 5.74) is 3.35. The fraction of sp³-hybridized carbons (Fsp3) is 0. The second-order valence-corrected chi connectivity index (χ2v) is 6.35. The number of nitrogens with one attached hydrogen (secondary N) is 1. The van der Waals surface area contributed by atoms with Crippen molar-refractivity contribution in [3.05, 3.63) is 78.1 Å². The molecule has 4 rings (SSSR count). The number of furan rings is 1. The van der Waals surface area contributed by atoms with Crippen LogP contribution in [0.15, 0.2) is 81.4 Å². The first-order valence-corrected chi connectivity index (χ1v) is 8.53. The monoisotopic (exact) mass is 343 g/mol. The predicted octanol–water partition coefficient (Wildman–Crippen LogP) is 5.37. The minimum Gasteiger partial charge on any atom is -0.450 e. The van der Waals surface area contributed by atoms with E-state index in [2.05, 4.69) is 16.0 Å². The third-order valence-electron chi connectivity index (χ3n) is 3.66. The fourth-order valence-electron chi connectivity index (χ4n) is 2.48. The van der Waals surface area contributed by atoms with Crippen LogP contribution in [0.4, 0.5) is 0 Å². The zero-order chi connectivity index (χ0) is 17.1. The minimum absolute atomic E-state index is 0.565. The Labute approximate surface area is 148 Å². The topological polar surface area (TPSA) is 65.6 Å². The number of nitriles is 1. The van der Waals surface area contributed by atoms with Crippen molar-refractivity contribution < 1.29 is 4.42 Å². The molecule has 4 nitrogen and oxygen atoms in total. The number of aromatic amines is 1. The Hall–Kier alpha value is -3.23. The van der Waals surface area contributed by atoms with Crippen LogP contribution in [-0.4, -0.2) is 9.97 Å². The van der Waals surface area contributed by atoms with Gasteiger partial charge in [0.15, 0.2) is 10.2 Å². The van der Waals surface area contributed by atoms with E-state index in [4.69, 9.17) is 4.42 Å². The van der Waals surface area contributed by atoms with Crippen LogP contribution in [0.25, 0.3) is 22.7 Å².